The molecule has 0 aromatic heterocycles. The van der Waals surface area contributed by atoms with Gasteiger partial charge in [-0.05, 0) is 35.7 Å². The lowest BCUT2D eigenvalue weighted by Crippen LogP contribution is -2.37. The highest BCUT2D eigenvalue weighted by Crippen LogP contribution is 2.30. The lowest BCUT2D eigenvalue weighted by atomic mass is 9.98. The Labute approximate surface area is 163 Å². The van der Waals surface area contributed by atoms with Gasteiger partial charge in [0.05, 0.1) is 12.8 Å². The van der Waals surface area contributed by atoms with E-state index in [0.29, 0.717) is 31.5 Å². The third-order valence-corrected chi connectivity index (χ3v) is 5.42. The van der Waals surface area contributed by atoms with Crippen molar-refractivity contribution in [2.24, 2.45) is 5.16 Å². The molecular formula is C22H23FN2O3. The molecule has 2 unspecified atom stereocenters. The van der Waals surface area contributed by atoms with Crippen LogP contribution in [0.3, 0.4) is 0 Å². The van der Waals surface area contributed by atoms with Crippen LogP contribution in [0.2, 0.25) is 0 Å². The minimum atomic E-state index is -0.576. The van der Waals surface area contributed by atoms with Crippen LogP contribution in [0.25, 0.3) is 0 Å². The molecule has 2 aromatic rings. The second kappa shape index (κ2) is 8.00. The van der Waals surface area contributed by atoms with Crippen molar-refractivity contribution in [3.8, 4) is 5.75 Å². The summed E-state index contributed by atoms with van der Waals surface area (Å²) >= 11 is 0. The van der Waals surface area contributed by atoms with E-state index in [1.165, 1.54) is 6.07 Å². The second-order valence-corrected chi connectivity index (χ2v) is 7.27. The first-order chi connectivity index (χ1) is 13.6. The first-order valence-electron chi connectivity index (χ1n) is 9.51. The number of methoxy groups -OCH3 is 1. The van der Waals surface area contributed by atoms with Gasteiger partial charge in [-0.15, -0.1) is 0 Å². The quantitative estimate of drug-likeness (QED) is 0.795. The summed E-state index contributed by atoms with van der Waals surface area (Å²) < 4.78 is 19.2. The van der Waals surface area contributed by atoms with E-state index in [9.17, 15) is 9.18 Å². The van der Waals surface area contributed by atoms with Crippen molar-refractivity contribution in [1.29, 1.82) is 0 Å². The van der Waals surface area contributed by atoms with Crippen LogP contribution in [0.15, 0.2) is 53.7 Å². The Balaban J connectivity index is 1.32. The normalized spacial score (nSPS) is 21.4. The SMILES string of the molecule is COc1ccc(CC2=NOC(C(=O)N3CCC(c4ccccc4F)C3)C2)cc1. The van der Waals surface area contributed by atoms with E-state index in [0.717, 1.165) is 23.4 Å². The van der Waals surface area contributed by atoms with Gasteiger partial charge in [-0.3, -0.25) is 4.79 Å². The Morgan fingerprint density at radius 3 is 2.79 bits per heavy atom. The van der Waals surface area contributed by atoms with Gasteiger partial charge in [-0.2, -0.15) is 0 Å². The predicted molar refractivity (Wildman–Crippen MR) is 104 cm³/mol. The van der Waals surface area contributed by atoms with E-state index in [2.05, 4.69) is 5.16 Å². The molecule has 2 aliphatic heterocycles. The van der Waals surface area contributed by atoms with Gasteiger partial charge in [-0.1, -0.05) is 35.5 Å². The topological polar surface area (TPSA) is 51.1 Å². The molecule has 146 valence electrons. The largest absolute Gasteiger partial charge is 0.497 e. The van der Waals surface area contributed by atoms with E-state index in [1.807, 2.05) is 30.3 Å². The first kappa shape index (κ1) is 18.5. The number of halogens is 1. The van der Waals surface area contributed by atoms with Crippen molar-refractivity contribution in [1.82, 2.24) is 4.90 Å². The maximum Gasteiger partial charge on any atom is 0.266 e. The number of hydrogen-bond donors (Lipinski definition) is 0. The van der Waals surface area contributed by atoms with E-state index >= 15 is 0 Å². The molecule has 0 N–H and O–H groups in total. The van der Waals surface area contributed by atoms with E-state index in [4.69, 9.17) is 9.57 Å². The number of nitrogens with zero attached hydrogens (tertiary/aromatic N) is 2. The molecule has 0 saturated carbocycles. The van der Waals surface area contributed by atoms with Crippen molar-refractivity contribution in [3.63, 3.8) is 0 Å². The molecule has 2 aliphatic rings. The smallest absolute Gasteiger partial charge is 0.266 e. The van der Waals surface area contributed by atoms with Crippen molar-refractivity contribution in [2.75, 3.05) is 20.2 Å². The molecule has 1 amide bonds. The molecule has 4 rings (SSSR count). The van der Waals surface area contributed by atoms with Crippen LogP contribution in [0.5, 0.6) is 5.75 Å². The summed E-state index contributed by atoms with van der Waals surface area (Å²) in [6, 6.07) is 14.6. The summed E-state index contributed by atoms with van der Waals surface area (Å²) in [6.07, 6.45) is 1.32. The molecule has 28 heavy (non-hydrogen) atoms. The van der Waals surface area contributed by atoms with Crippen LogP contribution in [-0.4, -0.2) is 42.8 Å². The molecule has 2 atom stereocenters. The minimum Gasteiger partial charge on any atom is -0.497 e. The molecule has 0 bridgehead atoms. The summed E-state index contributed by atoms with van der Waals surface area (Å²) in [6.45, 7) is 1.14. The summed E-state index contributed by atoms with van der Waals surface area (Å²) in [4.78, 5) is 20.0. The number of rotatable bonds is 5. The fourth-order valence-corrected chi connectivity index (χ4v) is 3.87. The maximum atomic E-state index is 14.0. The molecular weight excluding hydrogens is 359 g/mol. The number of benzene rings is 2. The fourth-order valence-electron chi connectivity index (χ4n) is 3.87. The summed E-state index contributed by atoms with van der Waals surface area (Å²) in [5, 5.41) is 4.12. The second-order valence-electron chi connectivity index (χ2n) is 7.27. The van der Waals surface area contributed by atoms with Crippen molar-refractivity contribution >= 4 is 11.6 Å². The average molecular weight is 382 g/mol. The Morgan fingerprint density at radius 2 is 2.04 bits per heavy atom. The van der Waals surface area contributed by atoms with E-state index < -0.39 is 6.10 Å². The van der Waals surface area contributed by atoms with Crippen LogP contribution < -0.4 is 4.74 Å². The zero-order valence-corrected chi connectivity index (χ0v) is 15.8. The lowest BCUT2D eigenvalue weighted by Gasteiger charge is -2.19. The summed E-state index contributed by atoms with van der Waals surface area (Å²) in [5.41, 5.74) is 2.63. The molecule has 1 fully saturated rings. The van der Waals surface area contributed by atoms with Crippen LogP contribution in [-0.2, 0) is 16.1 Å². The maximum absolute atomic E-state index is 14.0. The van der Waals surface area contributed by atoms with Crippen molar-refractivity contribution < 1.29 is 18.8 Å². The van der Waals surface area contributed by atoms with Crippen LogP contribution in [0, 0.1) is 5.82 Å². The third kappa shape index (κ3) is 3.86. The van der Waals surface area contributed by atoms with Crippen LogP contribution in [0.1, 0.15) is 29.9 Å². The van der Waals surface area contributed by atoms with Crippen LogP contribution >= 0.6 is 0 Å². The van der Waals surface area contributed by atoms with Gasteiger partial charge in [0.2, 0.25) is 6.10 Å². The number of carbonyl (C=O) groups excluding carboxylic acids is 1. The highest BCUT2D eigenvalue weighted by Gasteiger charge is 2.36. The summed E-state index contributed by atoms with van der Waals surface area (Å²) in [5.74, 6) is 0.572. The molecule has 0 spiro atoms. The highest BCUT2D eigenvalue weighted by atomic mass is 19.1. The standard InChI is InChI=1S/C22H23FN2O3/c1-27-18-8-6-15(7-9-18)12-17-13-21(28-24-17)22(26)25-11-10-16(14-25)19-4-2-3-5-20(19)23/h2-9,16,21H,10-14H2,1H3. The van der Waals surface area contributed by atoms with Gasteiger partial charge in [0.1, 0.15) is 11.6 Å². The molecule has 6 heteroatoms. The third-order valence-electron chi connectivity index (χ3n) is 5.42. The fraction of sp³-hybridized carbons (Fsp3) is 0.364. The predicted octanol–water partition coefficient (Wildman–Crippen LogP) is 3.54. The van der Waals surface area contributed by atoms with Gasteiger partial charge < -0.3 is 14.5 Å². The first-order valence-corrected chi connectivity index (χ1v) is 9.51. The number of ether oxygens (including phenoxy) is 1. The number of hydrogen-bond acceptors (Lipinski definition) is 4. The van der Waals surface area contributed by atoms with Crippen LogP contribution in [0.4, 0.5) is 4.39 Å². The molecule has 0 aliphatic carbocycles. The van der Waals surface area contributed by atoms with E-state index in [1.54, 1.807) is 24.1 Å². The van der Waals surface area contributed by atoms with Gasteiger partial charge >= 0.3 is 0 Å². The number of oxime groups is 1. The zero-order valence-electron chi connectivity index (χ0n) is 15.8. The van der Waals surface area contributed by atoms with Gasteiger partial charge in [-0.25, -0.2) is 4.39 Å². The Kier molecular flexibility index (Phi) is 5.28. The Morgan fingerprint density at radius 1 is 1.25 bits per heavy atom. The number of carbonyl (C=O) groups is 1. The summed E-state index contributed by atoms with van der Waals surface area (Å²) in [7, 11) is 1.63. The Hall–Kier alpha value is -2.89. The minimum absolute atomic E-state index is 0.0336. The molecule has 2 heterocycles. The monoisotopic (exact) mass is 382 g/mol. The molecule has 1 saturated heterocycles. The van der Waals surface area contributed by atoms with E-state index in [-0.39, 0.29) is 17.6 Å². The molecule has 5 nitrogen and oxygen atoms in total. The molecule has 0 radical (unpaired) electrons. The number of likely N-dealkylation sites (tertiary alicyclic amines) is 1. The van der Waals surface area contributed by atoms with Gasteiger partial charge in [0.15, 0.2) is 0 Å². The van der Waals surface area contributed by atoms with Crippen molar-refractivity contribution in [3.05, 3.63) is 65.5 Å². The van der Waals surface area contributed by atoms with Gasteiger partial charge in [0.25, 0.3) is 5.91 Å². The molecule has 2 aromatic carbocycles. The average Bonchev–Trinajstić information content (AvgIpc) is 3.38. The Bertz CT molecular complexity index is 882. The zero-order chi connectivity index (χ0) is 19.5. The highest BCUT2D eigenvalue weighted by molar-refractivity contribution is 5.94. The lowest BCUT2D eigenvalue weighted by molar-refractivity contribution is -0.141. The number of amides is 1. The van der Waals surface area contributed by atoms with Gasteiger partial charge in [0, 0.05) is 31.8 Å². The van der Waals surface area contributed by atoms with Crippen molar-refractivity contribution in [2.45, 2.75) is 31.3 Å².